The summed E-state index contributed by atoms with van der Waals surface area (Å²) in [6.45, 7) is 3.94. The molecule has 0 aliphatic carbocycles. The van der Waals surface area contributed by atoms with Gasteiger partial charge in [0, 0.05) is 13.0 Å². The third-order valence-electron chi connectivity index (χ3n) is 13.2. The van der Waals surface area contributed by atoms with Gasteiger partial charge in [0.25, 0.3) is 0 Å². The highest BCUT2D eigenvalue weighted by Crippen LogP contribution is 2.43. The van der Waals surface area contributed by atoms with Crippen molar-refractivity contribution in [3.05, 3.63) is 24.3 Å². The standard InChI is InChI=1S/C58H112NO9P/c1-3-5-7-9-11-13-15-17-19-21-23-25-27-29-31-33-35-37-39-41-43-45-47-49-51-65-52-55(53-66-69(63,64)67-54-56(59)58(61)62)68-57(60)50-48-46-44-42-40-38-36-34-32-30-28-26-24-22-20-18-16-14-12-10-8-6-4-2/h16,18,22,24,55-56H,3-15,17,19-21,23,25-54,59H2,1-2H3,(H,61,62)(H,63,64)/b18-16-,24-22-. The van der Waals surface area contributed by atoms with Gasteiger partial charge in [0.1, 0.15) is 12.1 Å². The van der Waals surface area contributed by atoms with Gasteiger partial charge in [-0.2, -0.15) is 0 Å². The van der Waals surface area contributed by atoms with E-state index in [0.717, 1.165) is 44.9 Å². The number of carboxylic acids is 1. The Hall–Kier alpha value is -1.55. The van der Waals surface area contributed by atoms with Gasteiger partial charge in [-0.3, -0.25) is 18.6 Å². The number of hydrogen-bond acceptors (Lipinski definition) is 8. The molecule has 0 radical (unpaired) electrons. The van der Waals surface area contributed by atoms with Crippen molar-refractivity contribution in [2.45, 2.75) is 309 Å². The molecule has 0 heterocycles. The van der Waals surface area contributed by atoms with Crippen molar-refractivity contribution in [2.24, 2.45) is 5.73 Å². The minimum absolute atomic E-state index is 0.0218. The zero-order chi connectivity index (χ0) is 50.4. The van der Waals surface area contributed by atoms with E-state index in [-0.39, 0.29) is 13.0 Å². The lowest BCUT2D eigenvalue weighted by Gasteiger charge is -2.20. The maximum atomic E-state index is 12.7. The minimum Gasteiger partial charge on any atom is -0.480 e. The highest BCUT2D eigenvalue weighted by atomic mass is 31.2. The largest absolute Gasteiger partial charge is 0.480 e. The number of phosphoric ester groups is 1. The van der Waals surface area contributed by atoms with Gasteiger partial charge >= 0.3 is 19.8 Å². The number of unbranched alkanes of at least 4 members (excludes halogenated alkanes) is 39. The van der Waals surface area contributed by atoms with E-state index in [2.05, 4.69) is 38.2 Å². The van der Waals surface area contributed by atoms with E-state index in [9.17, 15) is 19.0 Å². The second kappa shape index (κ2) is 54.2. The molecule has 3 unspecified atom stereocenters. The molecule has 0 aromatic heterocycles. The molecule has 10 nitrogen and oxygen atoms in total. The number of aliphatic carboxylic acids is 1. The van der Waals surface area contributed by atoms with Crippen LogP contribution >= 0.6 is 7.82 Å². The molecular formula is C58H112NO9P. The number of allylic oxidation sites excluding steroid dienone is 4. The molecule has 11 heteroatoms. The fraction of sp³-hybridized carbons (Fsp3) is 0.897. The molecule has 69 heavy (non-hydrogen) atoms. The van der Waals surface area contributed by atoms with Crippen LogP contribution in [0.3, 0.4) is 0 Å². The lowest BCUT2D eigenvalue weighted by molar-refractivity contribution is -0.154. The van der Waals surface area contributed by atoms with Crippen LogP contribution in [-0.2, 0) is 32.7 Å². The number of carboxylic acid groups (broad SMARTS) is 1. The van der Waals surface area contributed by atoms with Gasteiger partial charge in [0.15, 0.2) is 0 Å². The van der Waals surface area contributed by atoms with Gasteiger partial charge in [0.2, 0.25) is 0 Å². The monoisotopic (exact) mass is 998 g/mol. The Morgan fingerprint density at radius 1 is 0.464 bits per heavy atom. The highest BCUT2D eigenvalue weighted by Gasteiger charge is 2.27. The maximum absolute atomic E-state index is 12.7. The summed E-state index contributed by atoms with van der Waals surface area (Å²) in [5.74, 6) is -1.77. The first-order valence-electron chi connectivity index (χ1n) is 29.4. The molecule has 4 N–H and O–H groups in total. The van der Waals surface area contributed by atoms with Crippen LogP contribution in [0.4, 0.5) is 0 Å². The van der Waals surface area contributed by atoms with E-state index in [1.165, 1.54) is 225 Å². The molecule has 0 rings (SSSR count). The van der Waals surface area contributed by atoms with Crippen molar-refractivity contribution in [3.63, 3.8) is 0 Å². The number of ether oxygens (including phenoxy) is 2. The smallest absolute Gasteiger partial charge is 0.472 e. The topological polar surface area (TPSA) is 155 Å². The van der Waals surface area contributed by atoms with Gasteiger partial charge in [-0.15, -0.1) is 0 Å². The van der Waals surface area contributed by atoms with Crippen LogP contribution in [0.1, 0.15) is 296 Å². The van der Waals surface area contributed by atoms with E-state index >= 15 is 0 Å². The second-order valence-electron chi connectivity index (χ2n) is 20.1. The fourth-order valence-electron chi connectivity index (χ4n) is 8.70. The number of nitrogens with two attached hydrogens (primary N) is 1. The Kier molecular flexibility index (Phi) is 53.0. The van der Waals surface area contributed by atoms with Crippen molar-refractivity contribution < 1.29 is 42.7 Å². The van der Waals surface area contributed by atoms with Crippen LogP contribution in [-0.4, -0.2) is 60.5 Å². The molecule has 0 aromatic rings. The van der Waals surface area contributed by atoms with Crippen LogP contribution in [0.2, 0.25) is 0 Å². The molecule has 0 spiro atoms. The van der Waals surface area contributed by atoms with Gasteiger partial charge in [-0.25, -0.2) is 4.57 Å². The third-order valence-corrected chi connectivity index (χ3v) is 14.2. The molecule has 3 atom stereocenters. The van der Waals surface area contributed by atoms with Crippen molar-refractivity contribution in [1.29, 1.82) is 0 Å². The van der Waals surface area contributed by atoms with E-state index in [0.29, 0.717) is 13.0 Å². The van der Waals surface area contributed by atoms with E-state index < -0.39 is 45.1 Å². The normalized spacial score (nSPS) is 13.7. The van der Waals surface area contributed by atoms with Crippen molar-refractivity contribution in [2.75, 3.05) is 26.4 Å². The van der Waals surface area contributed by atoms with E-state index in [4.69, 9.17) is 29.4 Å². The summed E-state index contributed by atoms with van der Waals surface area (Å²) in [5, 5.41) is 8.95. The molecule has 408 valence electrons. The number of phosphoric acid groups is 1. The van der Waals surface area contributed by atoms with Crippen LogP contribution in [0.5, 0.6) is 0 Å². The molecule has 0 fully saturated rings. The number of rotatable bonds is 57. The Morgan fingerprint density at radius 3 is 1.17 bits per heavy atom. The van der Waals surface area contributed by atoms with E-state index in [1.807, 2.05) is 0 Å². The number of carbonyl (C=O) groups is 2. The number of esters is 1. The molecule has 0 amide bonds. The fourth-order valence-corrected chi connectivity index (χ4v) is 9.48. The summed E-state index contributed by atoms with van der Waals surface area (Å²) in [5.41, 5.74) is 5.39. The molecule has 0 saturated carbocycles. The summed E-state index contributed by atoms with van der Waals surface area (Å²) in [6.07, 6.45) is 63.9. The van der Waals surface area contributed by atoms with Gasteiger partial charge in [0.05, 0.1) is 19.8 Å². The summed E-state index contributed by atoms with van der Waals surface area (Å²) in [6, 6.07) is -1.47. The van der Waals surface area contributed by atoms with Crippen molar-refractivity contribution in [1.82, 2.24) is 0 Å². The van der Waals surface area contributed by atoms with Crippen molar-refractivity contribution in [3.8, 4) is 0 Å². The average molecular weight is 999 g/mol. The maximum Gasteiger partial charge on any atom is 0.472 e. The quantitative estimate of drug-likeness (QED) is 0.0232. The summed E-state index contributed by atoms with van der Waals surface area (Å²) in [4.78, 5) is 33.8. The lowest BCUT2D eigenvalue weighted by atomic mass is 10.0. The summed E-state index contributed by atoms with van der Waals surface area (Å²) in [7, 11) is -4.62. The highest BCUT2D eigenvalue weighted by molar-refractivity contribution is 7.47. The number of carbonyl (C=O) groups excluding carboxylic acids is 1. The van der Waals surface area contributed by atoms with Gasteiger partial charge < -0.3 is 25.2 Å². The predicted molar refractivity (Wildman–Crippen MR) is 291 cm³/mol. The average Bonchev–Trinajstić information content (AvgIpc) is 3.33. The predicted octanol–water partition coefficient (Wildman–Crippen LogP) is 17.8. The van der Waals surface area contributed by atoms with Crippen molar-refractivity contribution >= 4 is 19.8 Å². The van der Waals surface area contributed by atoms with Gasteiger partial charge in [-0.05, 0) is 44.9 Å². The molecule has 0 bridgehead atoms. The molecule has 0 aromatic carbocycles. The van der Waals surface area contributed by atoms with Crippen LogP contribution in [0, 0.1) is 0 Å². The Balaban J connectivity index is 4.03. The SMILES string of the molecule is CCCCCCC/C=C\C/C=C\CCCCCCCCCCCCCC(=O)OC(COCCCCCCCCCCCCCCCCCCCCCCCCCC)COP(=O)(O)OCC(N)C(=O)O. The summed E-state index contributed by atoms with van der Waals surface area (Å²) >= 11 is 0. The first kappa shape index (κ1) is 67.5. The zero-order valence-corrected chi connectivity index (χ0v) is 46.1. The van der Waals surface area contributed by atoms with Gasteiger partial charge in [-0.1, -0.05) is 269 Å². The first-order valence-corrected chi connectivity index (χ1v) is 30.9. The first-order chi connectivity index (χ1) is 33.7. The third kappa shape index (κ3) is 54.1. The Labute approximate surface area is 425 Å². The molecule has 0 aliphatic rings. The van der Waals surface area contributed by atoms with Crippen LogP contribution < -0.4 is 5.73 Å². The Morgan fingerprint density at radius 2 is 0.797 bits per heavy atom. The zero-order valence-electron chi connectivity index (χ0n) is 45.2. The number of hydrogen-bond donors (Lipinski definition) is 3. The molecule has 0 aliphatic heterocycles. The molecular weight excluding hydrogens is 886 g/mol. The Bertz CT molecular complexity index is 1200. The van der Waals surface area contributed by atoms with E-state index in [1.54, 1.807) is 0 Å². The minimum atomic E-state index is -4.62. The molecule has 0 saturated heterocycles. The summed E-state index contributed by atoms with van der Waals surface area (Å²) < 4.78 is 33.6. The van der Waals surface area contributed by atoms with Crippen LogP contribution in [0.25, 0.3) is 0 Å². The second-order valence-corrected chi connectivity index (χ2v) is 21.6. The lowest BCUT2D eigenvalue weighted by Crippen LogP contribution is -2.34. The van der Waals surface area contributed by atoms with Crippen LogP contribution in [0.15, 0.2) is 24.3 Å².